The van der Waals surface area contributed by atoms with Crippen LogP contribution in [0.5, 0.6) is 0 Å². The van der Waals surface area contributed by atoms with Crippen molar-refractivity contribution < 1.29 is 29.7 Å². The molecule has 0 saturated heterocycles. The lowest BCUT2D eigenvalue weighted by atomic mass is 10.1. The largest absolute Gasteiger partial charge is 0.481 e. The molecule has 0 atom stereocenters. The maximum absolute atomic E-state index is 10.4. The fraction of sp³-hybridized carbons (Fsp3) is 0.375. The zero-order valence-corrected chi connectivity index (χ0v) is 7.27. The Morgan fingerprint density at radius 1 is 1.00 bits per heavy atom. The van der Waals surface area contributed by atoms with E-state index in [1.807, 2.05) is 0 Å². The van der Waals surface area contributed by atoms with E-state index in [1.54, 1.807) is 0 Å². The van der Waals surface area contributed by atoms with Gasteiger partial charge in [0.15, 0.2) is 0 Å². The molecule has 0 aromatic carbocycles. The first kappa shape index (κ1) is 12.2. The summed E-state index contributed by atoms with van der Waals surface area (Å²) in [5, 5.41) is 25.1. The summed E-state index contributed by atoms with van der Waals surface area (Å²) in [5.41, 5.74) is -0.293. The van der Waals surface area contributed by atoms with Crippen molar-refractivity contribution in [2.24, 2.45) is 0 Å². The van der Waals surface area contributed by atoms with Crippen LogP contribution in [-0.2, 0) is 14.4 Å². The molecular formula is C8H10O6. The molecule has 0 aliphatic rings. The zero-order valence-electron chi connectivity index (χ0n) is 7.27. The van der Waals surface area contributed by atoms with Crippen LogP contribution >= 0.6 is 0 Å². The zero-order chi connectivity index (χ0) is 11.1. The minimum Gasteiger partial charge on any atom is -0.481 e. The summed E-state index contributed by atoms with van der Waals surface area (Å²) in [4.78, 5) is 30.7. The normalized spacial score (nSPS) is 11.0. The fourth-order valence-electron chi connectivity index (χ4n) is 0.768. The number of allylic oxidation sites excluding steroid dienone is 1. The van der Waals surface area contributed by atoms with Crippen molar-refractivity contribution in [1.82, 2.24) is 0 Å². The van der Waals surface area contributed by atoms with E-state index in [4.69, 9.17) is 15.3 Å². The second-order valence-electron chi connectivity index (χ2n) is 2.54. The average molecular weight is 202 g/mol. The van der Waals surface area contributed by atoms with Crippen LogP contribution in [0.4, 0.5) is 0 Å². The summed E-state index contributed by atoms with van der Waals surface area (Å²) >= 11 is 0. The van der Waals surface area contributed by atoms with E-state index >= 15 is 0 Å². The number of aliphatic carboxylic acids is 3. The van der Waals surface area contributed by atoms with Gasteiger partial charge in [-0.3, -0.25) is 9.59 Å². The Bertz CT molecular complexity index is 278. The highest BCUT2D eigenvalue weighted by Crippen LogP contribution is 2.04. The molecule has 0 radical (unpaired) electrons. The van der Waals surface area contributed by atoms with Gasteiger partial charge >= 0.3 is 17.9 Å². The molecule has 6 heteroatoms. The lowest BCUT2D eigenvalue weighted by Crippen LogP contribution is -2.07. The summed E-state index contributed by atoms with van der Waals surface area (Å²) in [6, 6.07) is 0. The smallest absolute Gasteiger partial charge is 0.331 e. The molecule has 0 saturated carbocycles. The van der Waals surface area contributed by atoms with Crippen LogP contribution in [0.3, 0.4) is 0 Å². The molecule has 0 spiro atoms. The van der Waals surface area contributed by atoms with E-state index in [2.05, 4.69) is 0 Å². The first-order chi connectivity index (χ1) is 6.43. The van der Waals surface area contributed by atoms with Gasteiger partial charge in [-0.1, -0.05) is 6.08 Å². The molecule has 14 heavy (non-hydrogen) atoms. The highest BCUT2D eigenvalue weighted by Gasteiger charge is 2.11. The molecular weight excluding hydrogens is 192 g/mol. The molecule has 0 aliphatic carbocycles. The van der Waals surface area contributed by atoms with Crippen LogP contribution in [0, 0.1) is 0 Å². The van der Waals surface area contributed by atoms with Crippen molar-refractivity contribution in [2.45, 2.75) is 19.3 Å². The van der Waals surface area contributed by atoms with Crippen molar-refractivity contribution in [1.29, 1.82) is 0 Å². The van der Waals surface area contributed by atoms with Gasteiger partial charge in [0.1, 0.15) is 0 Å². The third-order valence-electron chi connectivity index (χ3n) is 1.37. The van der Waals surface area contributed by atoms with Crippen LogP contribution < -0.4 is 0 Å². The predicted octanol–water partition coefficient (Wildman–Crippen LogP) is 0.337. The molecule has 0 aromatic rings. The number of hydrogen-bond donors (Lipinski definition) is 3. The Morgan fingerprint density at radius 3 is 1.93 bits per heavy atom. The maximum atomic E-state index is 10.4. The standard InChI is InChI=1S/C8H10O6/c9-6(10)3-1-2-5(8(13)14)4-7(11)12/h2H,1,3-4H2,(H,9,10)(H,11,12)(H,13,14). The van der Waals surface area contributed by atoms with Gasteiger partial charge in [-0.05, 0) is 6.42 Å². The van der Waals surface area contributed by atoms with Gasteiger partial charge in [-0.25, -0.2) is 4.79 Å². The molecule has 0 amide bonds. The molecule has 0 unspecified atom stereocenters. The first-order valence-electron chi connectivity index (χ1n) is 3.79. The third-order valence-corrected chi connectivity index (χ3v) is 1.37. The Morgan fingerprint density at radius 2 is 1.57 bits per heavy atom. The lowest BCUT2D eigenvalue weighted by molar-refractivity contribution is -0.139. The van der Waals surface area contributed by atoms with Gasteiger partial charge in [0.25, 0.3) is 0 Å². The Hall–Kier alpha value is -1.85. The second kappa shape index (κ2) is 5.74. The van der Waals surface area contributed by atoms with Crippen molar-refractivity contribution in [3.8, 4) is 0 Å². The molecule has 0 rings (SSSR count). The van der Waals surface area contributed by atoms with Gasteiger partial charge in [0, 0.05) is 12.0 Å². The SMILES string of the molecule is O=C(O)CCC=C(CC(=O)O)C(=O)O. The summed E-state index contributed by atoms with van der Waals surface area (Å²) < 4.78 is 0. The monoisotopic (exact) mass is 202 g/mol. The minimum atomic E-state index is -1.34. The molecule has 0 aromatic heterocycles. The van der Waals surface area contributed by atoms with Crippen molar-refractivity contribution in [2.75, 3.05) is 0 Å². The third kappa shape index (κ3) is 5.76. The van der Waals surface area contributed by atoms with Crippen molar-refractivity contribution in [3.63, 3.8) is 0 Å². The van der Waals surface area contributed by atoms with Gasteiger partial charge in [0.05, 0.1) is 6.42 Å². The molecule has 0 bridgehead atoms. The summed E-state index contributed by atoms with van der Waals surface area (Å²) in [6.45, 7) is 0. The first-order valence-corrected chi connectivity index (χ1v) is 3.79. The van der Waals surface area contributed by atoms with Crippen molar-refractivity contribution >= 4 is 17.9 Å². The van der Waals surface area contributed by atoms with Gasteiger partial charge in [0.2, 0.25) is 0 Å². The molecule has 0 fully saturated rings. The molecule has 78 valence electrons. The van der Waals surface area contributed by atoms with E-state index in [-0.39, 0.29) is 18.4 Å². The van der Waals surface area contributed by atoms with E-state index in [9.17, 15) is 14.4 Å². The Balaban J connectivity index is 4.26. The van der Waals surface area contributed by atoms with E-state index in [0.29, 0.717) is 0 Å². The number of hydrogen-bond acceptors (Lipinski definition) is 3. The van der Waals surface area contributed by atoms with Crippen LogP contribution in [0.1, 0.15) is 19.3 Å². The number of rotatable bonds is 6. The Labute approximate surface area is 79.5 Å². The lowest BCUT2D eigenvalue weighted by Gasteiger charge is -1.97. The number of carboxylic acids is 3. The average Bonchev–Trinajstić information content (AvgIpc) is 2.00. The minimum absolute atomic E-state index is 0.0181. The van der Waals surface area contributed by atoms with Crippen LogP contribution in [0.25, 0.3) is 0 Å². The summed E-state index contributed by atoms with van der Waals surface area (Å²) in [7, 11) is 0. The van der Waals surface area contributed by atoms with Gasteiger partial charge in [-0.15, -0.1) is 0 Å². The van der Waals surface area contributed by atoms with Crippen LogP contribution in [-0.4, -0.2) is 33.2 Å². The topological polar surface area (TPSA) is 112 Å². The molecule has 0 aliphatic heterocycles. The highest BCUT2D eigenvalue weighted by atomic mass is 16.4. The highest BCUT2D eigenvalue weighted by molar-refractivity contribution is 5.92. The van der Waals surface area contributed by atoms with Gasteiger partial charge < -0.3 is 15.3 Å². The Kier molecular flexibility index (Phi) is 4.98. The van der Waals surface area contributed by atoms with Crippen LogP contribution in [0.15, 0.2) is 11.6 Å². The molecule has 6 nitrogen and oxygen atoms in total. The van der Waals surface area contributed by atoms with Crippen molar-refractivity contribution in [3.05, 3.63) is 11.6 Å². The fourth-order valence-corrected chi connectivity index (χ4v) is 0.768. The summed E-state index contributed by atoms with van der Waals surface area (Å²) in [6.07, 6.45) is 0.320. The predicted molar refractivity (Wildman–Crippen MR) is 44.8 cm³/mol. The molecule has 0 heterocycles. The van der Waals surface area contributed by atoms with E-state index in [1.165, 1.54) is 0 Å². The van der Waals surface area contributed by atoms with Gasteiger partial charge in [-0.2, -0.15) is 0 Å². The number of carboxylic acid groups (broad SMARTS) is 3. The van der Waals surface area contributed by atoms with E-state index < -0.39 is 24.3 Å². The molecule has 3 N–H and O–H groups in total. The van der Waals surface area contributed by atoms with E-state index in [0.717, 1.165) is 6.08 Å². The maximum Gasteiger partial charge on any atom is 0.331 e. The van der Waals surface area contributed by atoms with Crippen LogP contribution in [0.2, 0.25) is 0 Å². The second-order valence-corrected chi connectivity index (χ2v) is 2.54. The summed E-state index contributed by atoms with van der Waals surface area (Å²) in [5.74, 6) is -3.65. The number of carbonyl (C=O) groups is 3. The quantitative estimate of drug-likeness (QED) is 0.535.